The molecule has 0 unspecified atom stereocenters. The molecule has 1 saturated heterocycles. The van der Waals surface area contributed by atoms with E-state index in [2.05, 4.69) is 0 Å². The highest BCUT2D eigenvalue weighted by molar-refractivity contribution is 6.01. The van der Waals surface area contributed by atoms with Crippen molar-refractivity contribution in [1.82, 2.24) is 9.80 Å². The molecule has 124 valence electrons. The summed E-state index contributed by atoms with van der Waals surface area (Å²) in [5.41, 5.74) is 0.857. The molecule has 1 aromatic carbocycles. The fraction of sp³-hybridized carbons (Fsp3) is 0.412. The first-order valence-corrected chi connectivity index (χ1v) is 7.48. The molecule has 0 bridgehead atoms. The van der Waals surface area contributed by atoms with E-state index in [0.29, 0.717) is 30.6 Å². The predicted molar refractivity (Wildman–Crippen MR) is 83.7 cm³/mol. The number of benzene rings is 1. The van der Waals surface area contributed by atoms with E-state index < -0.39 is 11.6 Å². The van der Waals surface area contributed by atoms with Gasteiger partial charge in [-0.05, 0) is 37.9 Å². The van der Waals surface area contributed by atoms with Crippen LogP contribution in [0.15, 0.2) is 23.8 Å². The van der Waals surface area contributed by atoms with Gasteiger partial charge in [-0.3, -0.25) is 9.59 Å². The molecule has 1 aliphatic heterocycles. The monoisotopic (exact) mass is 322 g/mol. The molecule has 0 spiro atoms. The highest BCUT2D eigenvalue weighted by Crippen LogP contribution is 2.18. The Morgan fingerprint density at radius 1 is 1.30 bits per heavy atom. The molecule has 1 amide bonds. The van der Waals surface area contributed by atoms with Crippen LogP contribution < -0.4 is 0 Å². The zero-order valence-electron chi connectivity index (χ0n) is 13.3. The Morgan fingerprint density at radius 2 is 2.04 bits per heavy atom. The van der Waals surface area contributed by atoms with Crippen LogP contribution in [-0.2, 0) is 9.59 Å². The molecule has 4 nitrogen and oxygen atoms in total. The number of carbonyl (C=O) groups is 2. The molecular formula is C17H20F2N2O2. The summed E-state index contributed by atoms with van der Waals surface area (Å²) in [6, 6.07) is 3.48. The maximum absolute atomic E-state index is 13.3. The van der Waals surface area contributed by atoms with Crippen LogP contribution in [0.2, 0.25) is 0 Å². The van der Waals surface area contributed by atoms with Gasteiger partial charge in [-0.25, -0.2) is 8.78 Å². The summed E-state index contributed by atoms with van der Waals surface area (Å²) in [5.74, 6) is -1.96. The molecular weight excluding hydrogens is 302 g/mol. The van der Waals surface area contributed by atoms with E-state index in [1.165, 1.54) is 12.1 Å². The summed E-state index contributed by atoms with van der Waals surface area (Å²) < 4.78 is 26.2. The molecule has 0 radical (unpaired) electrons. The Labute approximate surface area is 134 Å². The number of amides is 1. The summed E-state index contributed by atoms with van der Waals surface area (Å²) >= 11 is 0. The van der Waals surface area contributed by atoms with E-state index in [0.717, 1.165) is 12.1 Å². The quantitative estimate of drug-likeness (QED) is 0.797. The second-order valence-electron chi connectivity index (χ2n) is 5.88. The number of hydrogen-bond acceptors (Lipinski definition) is 3. The number of ketones is 1. The zero-order chi connectivity index (χ0) is 17.0. The molecule has 1 aromatic rings. The normalized spacial score (nSPS) is 17.2. The van der Waals surface area contributed by atoms with Crippen LogP contribution in [0.3, 0.4) is 0 Å². The third-order valence-corrected chi connectivity index (χ3v) is 3.74. The third-order valence-electron chi connectivity index (χ3n) is 3.74. The summed E-state index contributed by atoms with van der Waals surface area (Å²) in [6.07, 6.45) is 2.17. The fourth-order valence-electron chi connectivity index (χ4n) is 2.39. The number of piperidine rings is 1. The van der Waals surface area contributed by atoms with E-state index in [1.54, 1.807) is 4.90 Å². The molecule has 1 aliphatic rings. The Hall–Kier alpha value is -2.08. The Kier molecular flexibility index (Phi) is 5.60. The van der Waals surface area contributed by atoms with Crippen LogP contribution in [-0.4, -0.2) is 55.2 Å². The predicted octanol–water partition coefficient (Wildman–Crippen LogP) is 2.10. The highest BCUT2D eigenvalue weighted by atomic mass is 19.2. The Bertz CT molecular complexity index is 641. The SMILES string of the molecule is CN(C)CCC(=O)N1CCC(=O)/C(=C/c2ccc(F)c(F)c2)C1. The molecule has 0 saturated carbocycles. The first-order chi connectivity index (χ1) is 10.9. The summed E-state index contributed by atoms with van der Waals surface area (Å²) in [5, 5.41) is 0. The topological polar surface area (TPSA) is 40.6 Å². The fourth-order valence-corrected chi connectivity index (χ4v) is 2.39. The van der Waals surface area contributed by atoms with Gasteiger partial charge in [-0.2, -0.15) is 0 Å². The second kappa shape index (κ2) is 7.46. The first-order valence-electron chi connectivity index (χ1n) is 7.48. The van der Waals surface area contributed by atoms with Gasteiger partial charge in [0, 0.05) is 38.0 Å². The van der Waals surface area contributed by atoms with Gasteiger partial charge in [0.05, 0.1) is 0 Å². The van der Waals surface area contributed by atoms with Crippen molar-refractivity contribution < 1.29 is 18.4 Å². The molecule has 1 fully saturated rings. The maximum Gasteiger partial charge on any atom is 0.224 e. The average molecular weight is 322 g/mol. The van der Waals surface area contributed by atoms with Crippen molar-refractivity contribution in [3.05, 3.63) is 41.0 Å². The largest absolute Gasteiger partial charge is 0.338 e. The standard InChI is InChI=1S/C17H20F2N2O2/c1-20(2)7-6-17(23)21-8-5-16(22)13(11-21)9-12-3-4-14(18)15(19)10-12/h3-4,9-10H,5-8,11H2,1-2H3/b13-9+. The van der Waals surface area contributed by atoms with Crippen molar-refractivity contribution in [2.45, 2.75) is 12.8 Å². The lowest BCUT2D eigenvalue weighted by molar-refractivity contribution is -0.132. The smallest absolute Gasteiger partial charge is 0.224 e. The molecule has 0 N–H and O–H groups in total. The minimum atomic E-state index is -0.957. The van der Waals surface area contributed by atoms with Gasteiger partial charge in [-0.1, -0.05) is 6.07 Å². The molecule has 6 heteroatoms. The van der Waals surface area contributed by atoms with Crippen LogP contribution in [0, 0.1) is 11.6 Å². The van der Waals surface area contributed by atoms with Crippen molar-refractivity contribution >= 4 is 17.8 Å². The number of nitrogens with zero attached hydrogens (tertiary/aromatic N) is 2. The Balaban J connectivity index is 2.11. The lowest BCUT2D eigenvalue weighted by atomic mass is 10.00. The number of hydrogen-bond donors (Lipinski definition) is 0. The van der Waals surface area contributed by atoms with Crippen LogP contribution >= 0.6 is 0 Å². The molecule has 1 heterocycles. The van der Waals surface area contributed by atoms with Crippen molar-refractivity contribution in [2.24, 2.45) is 0 Å². The zero-order valence-corrected chi connectivity index (χ0v) is 13.3. The third kappa shape index (κ3) is 4.69. The van der Waals surface area contributed by atoms with E-state index in [9.17, 15) is 18.4 Å². The van der Waals surface area contributed by atoms with E-state index in [4.69, 9.17) is 0 Å². The van der Waals surface area contributed by atoms with E-state index in [-0.39, 0.29) is 24.7 Å². The number of halogens is 2. The van der Waals surface area contributed by atoms with Crippen LogP contribution in [0.25, 0.3) is 6.08 Å². The van der Waals surface area contributed by atoms with Crippen LogP contribution in [0.5, 0.6) is 0 Å². The Morgan fingerprint density at radius 3 is 2.70 bits per heavy atom. The van der Waals surface area contributed by atoms with E-state index in [1.807, 2.05) is 19.0 Å². The summed E-state index contributed by atoms with van der Waals surface area (Å²) in [6.45, 7) is 1.26. The van der Waals surface area contributed by atoms with Crippen LogP contribution in [0.1, 0.15) is 18.4 Å². The van der Waals surface area contributed by atoms with Gasteiger partial charge in [0.25, 0.3) is 0 Å². The summed E-state index contributed by atoms with van der Waals surface area (Å²) in [7, 11) is 3.78. The van der Waals surface area contributed by atoms with Crippen molar-refractivity contribution in [3.8, 4) is 0 Å². The number of carbonyl (C=O) groups excluding carboxylic acids is 2. The van der Waals surface area contributed by atoms with Crippen molar-refractivity contribution in [1.29, 1.82) is 0 Å². The second-order valence-corrected chi connectivity index (χ2v) is 5.88. The number of Topliss-reactive ketones (excluding diaryl/α,β-unsaturated/α-hetero) is 1. The molecule has 0 aromatic heterocycles. The molecule has 2 rings (SSSR count). The van der Waals surface area contributed by atoms with Gasteiger partial charge in [-0.15, -0.1) is 0 Å². The lowest BCUT2D eigenvalue weighted by Crippen LogP contribution is -2.41. The minimum Gasteiger partial charge on any atom is -0.338 e. The van der Waals surface area contributed by atoms with Gasteiger partial charge in [0.2, 0.25) is 5.91 Å². The van der Waals surface area contributed by atoms with Crippen molar-refractivity contribution in [3.63, 3.8) is 0 Å². The van der Waals surface area contributed by atoms with Crippen LogP contribution in [0.4, 0.5) is 8.78 Å². The average Bonchev–Trinajstić information content (AvgIpc) is 2.50. The lowest BCUT2D eigenvalue weighted by Gasteiger charge is -2.28. The molecule has 0 aliphatic carbocycles. The highest BCUT2D eigenvalue weighted by Gasteiger charge is 2.24. The van der Waals surface area contributed by atoms with Gasteiger partial charge < -0.3 is 9.80 Å². The van der Waals surface area contributed by atoms with Crippen molar-refractivity contribution in [2.75, 3.05) is 33.7 Å². The number of rotatable bonds is 4. The number of likely N-dealkylation sites (tertiary alicyclic amines) is 1. The van der Waals surface area contributed by atoms with Gasteiger partial charge >= 0.3 is 0 Å². The van der Waals surface area contributed by atoms with Gasteiger partial charge in [0.15, 0.2) is 17.4 Å². The van der Waals surface area contributed by atoms with Gasteiger partial charge in [0.1, 0.15) is 0 Å². The molecule has 23 heavy (non-hydrogen) atoms. The minimum absolute atomic E-state index is 0.0117. The first kappa shape index (κ1) is 17.3. The summed E-state index contributed by atoms with van der Waals surface area (Å²) in [4.78, 5) is 27.7. The van der Waals surface area contributed by atoms with E-state index >= 15 is 0 Å². The maximum atomic E-state index is 13.3. The molecule has 0 atom stereocenters.